The fraction of sp³-hybridized carbons (Fsp3) is 0.333. The van der Waals surface area contributed by atoms with Crippen molar-refractivity contribution in [2.75, 3.05) is 0 Å². The number of aliphatic carboxylic acids is 4. The number of hydrogen-bond acceptors (Lipinski definition) is 6. The smallest absolute Gasteiger partial charge is 0.333 e. The van der Waals surface area contributed by atoms with Crippen LogP contribution in [0, 0.1) is 0 Å². The number of carboxylic acids is 4. The summed E-state index contributed by atoms with van der Waals surface area (Å²) in [4.78, 5) is 41.6. The molecule has 0 fully saturated rings. The zero-order valence-corrected chi connectivity index (χ0v) is 8.62. The van der Waals surface area contributed by atoms with Gasteiger partial charge in [0.15, 0.2) is 9.84 Å². The Morgan fingerprint density at radius 3 is 0.941 bits per heavy atom. The van der Waals surface area contributed by atoms with Gasteiger partial charge in [-0.2, -0.15) is 0 Å². The summed E-state index contributed by atoms with van der Waals surface area (Å²) in [6.45, 7) is 0. The molecule has 0 radical (unpaired) electrons. The molecule has 0 atom stereocenters. The van der Waals surface area contributed by atoms with Gasteiger partial charge in [-0.1, -0.05) is 0 Å². The van der Waals surface area contributed by atoms with Crippen LogP contribution >= 0.6 is 0 Å². The van der Waals surface area contributed by atoms with Crippen LogP contribution < -0.4 is 0 Å². The molecular formula is C6H6O10S. The molecule has 0 saturated heterocycles. The number of rotatable bonds is 6. The lowest BCUT2D eigenvalue weighted by Crippen LogP contribution is -2.49. The molecule has 0 bridgehead atoms. The summed E-state index contributed by atoms with van der Waals surface area (Å²) in [5, 5.41) is 27.1. The second kappa shape index (κ2) is 4.78. The topological polar surface area (TPSA) is 183 Å². The summed E-state index contributed by atoms with van der Waals surface area (Å²) >= 11 is 0. The van der Waals surface area contributed by atoms with E-state index in [0.717, 1.165) is 0 Å². The number of carboxylic acid groups (broad SMARTS) is 4. The van der Waals surface area contributed by atoms with Crippen LogP contribution in [-0.2, 0) is 29.0 Å². The Kier molecular flexibility index (Phi) is 4.17. The predicted molar refractivity (Wildman–Crippen MR) is 47.0 cm³/mol. The van der Waals surface area contributed by atoms with Gasteiger partial charge in [0.1, 0.15) is 0 Å². The molecule has 0 aliphatic rings. The molecule has 0 amide bonds. The maximum atomic E-state index is 11.3. The van der Waals surface area contributed by atoms with Crippen molar-refractivity contribution in [2.45, 2.75) is 10.5 Å². The van der Waals surface area contributed by atoms with Crippen molar-refractivity contribution in [2.24, 2.45) is 0 Å². The first-order chi connectivity index (χ1) is 7.53. The minimum Gasteiger partial charge on any atom is -0.480 e. The Balaban J connectivity index is 5.81. The van der Waals surface area contributed by atoms with E-state index in [0.29, 0.717) is 0 Å². The van der Waals surface area contributed by atoms with Gasteiger partial charge in [-0.05, 0) is 0 Å². The van der Waals surface area contributed by atoms with Gasteiger partial charge in [-0.25, -0.2) is 8.42 Å². The maximum Gasteiger partial charge on any atom is 0.333 e. The summed E-state index contributed by atoms with van der Waals surface area (Å²) < 4.78 is 22.5. The molecule has 0 aromatic heterocycles. The first-order valence-corrected chi connectivity index (χ1v) is 5.28. The normalized spacial score (nSPS) is 11.4. The van der Waals surface area contributed by atoms with Gasteiger partial charge in [-0.15, -0.1) is 0 Å². The van der Waals surface area contributed by atoms with Crippen molar-refractivity contribution in [3.05, 3.63) is 0 Å². The Hall–Kier alpha value is -2.17. The fourth-order valence-electron chi connectivity index (χ4n) is 0.909. The molecule has 0 saturated carbocycles. The third-order valence-electron chi connectivity index (χ3n) is 1.55. The lowest BCUT2D eigenvalue weighted by atomic mass is 10.4. The van der Waals surface area contributed by atoms with Crippen LogP contribution in [-0.4, -0.2) is 63.2 Å². The molecule has 96 valence electrons. The quantitative estimate of drug-likeness (QED) is 0.375. The molecule has 0 aromatic rings. The van der Waals surface area contributed by atoms with Crippen molar-refractivity contribution in [1.82, 2.24) is 0 Å². The van der Waals surface area contributed by atoms with Crippen LogP contribution in [0.2, 0.25) is 0 Å². The zero-order valence-electron chi connectivity index (χ0n) is 7.80. The van der Waals surface area contributed by atoms with Crippen molar-refractivity contribution in [3.8, 4) is 0 Å². The maximum absolute atomic E-state index is 11.3. The fourth-order valence-corrected chi connectivity index (χ4v) is 2.31. The monoisotopic (exact) mass is 270 g/mol. The first-order valence-electron chi connectivity index (χ1n) is 3.67. The van der Waals surface area contributed by atoms with Crippen LogP contribution in [0.25, 0.3) is 0 Å². The standard InChI is InChI=1S/C6H6O10S/c7-3(8)1(4(9)10)17(15,16)2(5(11)12)6(13)14/h1-2H,(H,7,8)(H,9,10)(H,11,12)(H,13,14). The van der Waals surface area contributed by atoms with Crippen LogP contribution in [0.5, 0.6) is 0 Å². The van der Waals surface area contributed by atoms with Crippen LogP contribution in [0.1, 0.15) is 0 Å². The van der Waals surface area contributed by atoms with Gasteiger partial charge >= 0.3 is 23.9 Å². The largest absolute Gasteiger partial charge is 0.480 e. The van der Waals surface area contributed by atoms with Crippen molar-refractivity contribution in [3.63, 3.8) is 0 Å². The molecule has 4 N–H and O–H groups in total. The second-order valence-electron chi connectivity index (χ2n) is 2.70. The van der Waals surface area contributed by atoms with Gasteiger partial charge in [0.05, 0.1) is 0 Å². The van der Waals surface area contributed by atoms with Gasteiger partial charge in [0.25, 0.3) is 10.5 Å². The average Bonchev–Trinajstić information content (AvgIpc) is 1.96. The third-order valence-corrected chi connectivity index (χ3v) is 3.67. The van der Waals surface area contributed by atoms with Crippen molar-refractivity contribution < 1.29 is 48.0 Å². The summed E-state index contributed by atoms with van der Waals surface area (Å²) in [5.41, 5.74) is 0. The summed E-state index contributed by atoms with van der Waals surface area (Å²) in [7, 11) is -5.46. The molecule has 17 heavy (non-hydrogen) atoms. The van der Waals surface area contributed by atoms with Crippen LogP contribution in [0.3, 0.4) is 0 Å². The summed E-state index contributed by atoms with van der Waals surface area (Å²) in [6.07, 6.45) is 0. The van der Waals surface area contributed by atoms with E-state index < -0.39 is 44.2 Å². The predicted octanol–water partition coefficient (Wildman–Crippen LogP) is -2.52. The Morgan fingerprint density at radius 1 is 0.647 bits per heavy atom. The minimum absolute atomic E-state index is 2.37. The highest BCUT2D eigenvalue weighted by Crippen LogP contribution is 2.12. The second-order valence-corrected chi connectivity index (χ2v) is 4.82. The Bertz CT molecular complexity index is 407. The minimum atomic E-state index is -5.46. The molecule has 0 aromatic carbocycles. The van der Waals surface area contributed by atoms with Crippen molar-refractivity contribution >= 4 is 33.7 Å². The van der Waals surface area contributed by atoms with Gasteiger partial charge in [-0.3, -0.25) is 19.2 Å². The van der Waals surface area contributed by atoms with Gasteiger partial charge in [0, 0.05) is 0 Å². The van der Waals surface area contributed by atoms with E-state index in [9.17, 15) is 27.6 Å². The molecule has 0 unspecified atom stereocenters. The van der Waals surface area contributed by atoms with Crippen LogP contribution in [0.15, 0.2) is 0 Å². The highest BCUT2D eigenvalue weighted by Gasteiger charge is 2.51. The molecular weight excluding hydrogens is 264 g/mol. The molecule has 0 rings (SSSR count). The molecule has 11 heteroatoms. The number of carbonyl (C=O) groups is 4. The van der Waals surface area contributed by atoms with Gasteiger partial charge in [0.2, 0.25) is 0 Å². The van der Waals surface area contributed by atoms with E-state index >= 15 is 0 Å². The Labute approximate surface area is 93.0 Å². The van der Waals surface area contributed by atoms with E-state index in [4.69, 9.17) is 20.4 Å². The SMILES string of the molecule is O=C(O)C(C(=O)O)S(=O)(=O)C(C(=O)O)C(=O)O. The molecule has 0 spiro atoms. The van der Waals surface area contributed by atoms with Gasteiger partial charge < -0.3 is 20.4 Å². The summed E-state index contributed by atoms with van der Waals surface area (Å²) in [6, 6.07) is 0. The molecule has 0 aliphatic carbocycles. The molecule has 10 nitrogen and oxygen atoms in total. The number of hydrogen-bond donors (Lipinski definition) is 4. The lowest BCUT2D eigenvalue weighted by Gasteiger charge is -2.12. The zero-order chi connectivity index (χ0) is 14.0. The number of sulfone groups is 1. The average molecular weight is 270 g/mol. The molecule has 0 heterocycles. The highest BCUT2D eigenvalue weighted by molar-refractivity contribution is 7.95. The van der Waals surface area contributed by atoms with E-state index in [1.54, 1.807) is 0 Å². The Morgan fingerprint density at radius 2 is 0.824 bits per heavy atom. The first kappa shape index (κ1) is 14.8. The van der Waals surface area contributed by atoms with Crippen molar-refractivity contribution in [1.29, 1.82) is 0 Å². The highest BCUT2D eigenvalue weighted by atomic mass is 32.2. The third kappa shape index (κ3) is 2.90. The van der Waals surface area contributed by atoms with E-state index in [1.807, 2.05) is 0 Å². The van der Waals surface area contributed by atoms with E-state index in [-0.39, 0.29) is 0 Å². The summed E-state index contributed by atoms with van der Waals surface area (Å²) in [5.74, 6) is -9.48. The van der Waals surface area contributed by atoms with Crippen LogP contribution in [0.4, 0.5) is 0 Å². The van der Waals surface area contributed by atoms with E-state index in [1.165, 1.54) is 0 Å². The van der Waals surface area contributed by atoms with E-state index in [2.05, 4.69) is 0 Å². The molecule has 0 aliphatic heterocycles. The lowest BCUT2D eigenvalue weighted by molar-refractivity contribution is -0.146.